The number of methoxy groups -OCH3 is 1. The molecule has 0 spiro atoms. The molecule has 0 amide bonds. The second-order valence-electron chi connectivity index (χ2n) is 4.85. The molecule has 100 valence electrons. The lowest BCUT2D eigenvalue weighted by molar-refractivity contribution is 0.177. The summed E-state index contributed by atoms with van der Waals surface area (Å²) in [5.41, 5.74) is 0.635. The van der Waals surface area contributed by atoms with E-state index in [-0.39, 0.29) is 12.2 Å². The fourth-order valence-electron chi connectivity index (χ4n) is 2.49. The van der Waals surface area contributed by atoms with E-state index < -0.39 is 11.6 Å². The molecular weight excluding hydrogens is 236 g/mol. The summed E-state index contributed by atoms with van der Waals surface area (Å²) >= 11 is 0. The largest absolute Gasteiger partial charge is 0.380 e. The highest BCUT2D eigenvalue weighted by molar-refractivity contribution is 5.27. The number of rotatable bonds is 4. The second-order valence-corrected chi connectivity index (χ2v) is 4.85. The van der Waals surface area contributed by atoms with Crippen molar-refractivity contribution in [2.75, 3.05) is 20.2 Å². The van der Waals surface area contributed by atoms with Crippen LogP contribution in [0.15, 0.2) is 12.1 Å². The van der Waals surface area contributed by atoms with Gasteiger partial charge in [-0.25, -0.2) is 8.78 Å². The molecule has 1 aliphatic heterocycles. The van der Waals surface area contributed by atoms with Gasteiger partial charge >= 0.3 is 0 Å². The SMILES string of the molecule is COCc1c(F)ccc(CC2CCCNC2)c1F. The molecule has 0 aliphatic carbocycles. The van der Waals surface area contributed by atoms with E-state index in [0.29, 0.717) is 17.9 Å². The van der Waals surface area contributed by atoms with E-state index in [2.05, 4.69) is 5.32 Å². The van der Waals surface area contributed by atoms with Gasteiger partial charge in [0.1, 0.15) is 11.6 Å². The van der Waals surface area contributed by atoms with E-state index in [1.165, 1.54) is 13.2 Å². The number of halogens is 2. The predicted molar refractivity (Wildman–Crippen MR) is 66.4 cm³/mol. The quantitative estimate of drug-likeness (QED) is 0.893. The maximum absolute atomic E-state index is 14.1. The standard InChI is InChI=1S/C14H19F2NO/c1-18-9-12-13(15)5-4-11(14(12)16)7-10-3-2-6-17-8-10/h4-5,10,17H,2-3,6-9H2,1H3. The smallest absolute Gasteiger partial charge is 0.134 e. The summed E-state index contributed by atoms with van der Waals surface area (Å²) in [5, 5.41) is 3.30. The van der Waals surface area contributed by atoms with Crippen molar-refractivity contribution < 1.29 is 13.5 Å². The van der Waals surface area contributed by atoms with Crippen LogP contribution in [0.2, 0.25) is 0 Å². The molecule has 0 saturated carbocycles. The average molecular weight is 255 g/mol. The maximum Gasteiger partial charge on any atom is 0.134 e. The molecule has 0 radical (unpaired) electrons. The number of benzene rings is 1. The Hall–Kier alpha value is -1.00. The highest BCUT2D eigenvalue weighted by Gasteiger charge is 2.18. The lowest BCUT2D eigenvalue weighted by Gasteiger charge is -2.23. The zero-order chi connectivity index (χ0) is 13.0. The summed E-state index contributed by atoms with van der Waals surface area (Å²) in [6.07, 6.45) is 2.89. The second kappa shape index (κ2) is 6.25. The van der Waals surface area contributed by atoms with Crippen molar-refractivity contribution in [2.24, 2.45) is 5.92 Å². The Bertz CT molecular complexity index is 403. The topological polar surface area (TPSA) is 21.3 Å². The molecule has 2 nitrogen and oxygen atoms in total. The Kier molecular flexibility index (Phi) is 4.66. The van der Waals surface area contributed by atoms with Crippen LogP contribution in [-0.4, -0.2) is 20.2 Å². The van der Waals surface area contributed by atoms with Crippen LogP contribution in [-0.2, 0) is 17.8 Å². The van der Waals surface area contributed by atoms with E-state index in [9.17, 15) is 8.78 Å². The molecule has 1 unspecified atom stereocenters. The summed E-state index contributed by atoms with van der Waals surface area (Å²) in [5.74, 6) is -0.531. The summed E-state index contributed by atoms with van der Waals surface area (Å²) in [6.45, 7) is 1.93. The molecular formula is C14H19F2NO. The van der Waals surface area contributed by atoms with Crippen molar-refractivity contribution in [2.45, 2.75) is 25.9 Å². The van der Waals surface area contributed by atoms with Gasteiger partial charge < -0.3 is 10.1 Å². The molecule has 0 aromatic heterocycles. The van der Waals surface area contributed by atoms with Gasteiger partial charge in [-0.15, -0.1) is 0 Å². The van der Waals surface area contributed by atoms with Crippen molar-refractivity contribution in [3.63, 3.8) is 0 Å². The first-order valence-electron chi connectivity index (χ1n) is 6.37. The molecule has 1 atom stereocenters. The molecule has 1 fully saturated rings. The first-order chi connectivity index (χ1) is 8.72. The highest BCUT2D eigenvalue weighted by atomic mass is 19.1. The van der Waals surface area contributed by atoms with Crippen LogP contribution in [0.25, 0.3) is 0 Å². The van der Waals surface area contributed by atoms with Gasteiger partial charge in [0.2, 0.25) is 0 Å². The molecule has 1 aliphatic rings. The van der Waals surface area contributed by atoms with E-state index >= 15 is 0 Å². The van der Waals surface area contributed by atoms with Gasteiger partial charge in [-0.1, -0.05) is 6.07 Å². The summed E-state index contributed by atoms with van der Waals surface area (Å²) < 4.78 is 32.4. The van der Waals surface area contributed by atoms with Crippen molar-refractivity contribution in [1.29, 1.82) is 0 Å². The number of ether oxygens (including phenoxy) is 1. The zero-order valence-corrected chi connectivity index (χ0v) is 10.6. The van der Waals surface area contributed by atoms with Crippen LogP contribution < -0.4 is 5.32 Å². The van der Waals surface area contributed by atoms with Crippen molar-refractivity contribution in [3.05, 3.63) is 34.9 Å². The van der Waals surface area contributed by atoms with Gasteiger partial charge in [-0.2, -0.15) is 0 Å². The van der Waals surface area contributed by atoms with Crippen LogP contribution in [0.5, 0.6) is 0 Å². The fraction of sp³-hybridized carbons (Fsp3) is 0.571. The zero-order valence-electron chi connectivity index (χ0n) is 10.6. The molecule has 2 rings (SSSR count). The number of nitrogens with one attached hydrogen (secondary N) is 1. The van der Waals surface area contributed by atoms with Gasteiger partial charge in [0, 0.05) is 12.7 Å². The number of hydrogen-bond donors (Lipinski definition) is 1. The van der Waals surface area contributed by atoms with Crippen molar-refractivity contribution in [3.8, 4) is 0 Å². The molecule has 0 bridgehead atoms. The molecule has 4 heteroatoms. The van der Waals surface area contributed by atoms with Gasteiger partial charge in [0.15, 0.2) is 0 Å². The van der Waals surface area contributed by atoms with Crippen LogP contribution in [0.4, 0.5) is 8.78 Å². The lowest BCUT2D eigenvalue weighted by Crippen LogP contribution is -2.31. The van der Waals surface area contributed by atoms with Gasteiger partial charge in [0.05, 0.1) is 6.61 Å². The van der Waals surface area contributed by atoms with Gasteiger partial charge in [0.25, 0.3) is 0 Å². The Morgan fingerprint density at radius 3 is 2.89 bits per heavy atom. The monoisotopic (exact) mass is 255 g/mol. The Balaban J connectivity index is 2.14. The summed E-state index contributed by atoms with van der Waals surface area (Å²) in [6, 6.07) is 2.89. The summed E-state index contributed by atoms with van der Waals surface area (Å²) in [7, 11) is 1.44. The number of hydrogen-bond acceptors (Lipinski definition) is 2. The van der Waals surface area contributed by atoms with E-state index in [1.54, 1.807) is 6.07 Å². The minimum atomic E-state index is -0.528. The Morgan fingerprint density at radius 2 is 2.22 bits per heavy atom. The molecule has 1 aromatic carbocycles. The van der Waals surface area contributed by atoms with Crippen LogP contribution >= 0.6 is 0 Å². The average Bonchev–Trinajstić information content (AvgIpc) is 2.39. The summed E-state index contributed by atoms with van der Waals surface area (Å²) in [4.78, 5) is 0. The predicted octanol–water partition coefficient (Wildman–Crippen LogP) is 2.65. The van der Waals surface area contributed by atoms with Gasteiger partial charge in [-0.05, 0) is 49.9 Å². The minimum absolute atomic E-state index is 0.0194. The van der Waals surface area contributed by atoms with Crippen LogP contribution in [0.3, 0.4) is 0 Å². The fourth-order valence-corrected chi connectivity index (χ4v) is 2.49. The van der Waals surface area contributed by atoms with Crippen molar-refractivity contribution >= 4 is 0 Å². The van der Waals surface area contributed by atoms with Gasteiger partial charge in [-0.3, -0.25) is 0 Å². The molecule has 1 aromatic rings. The Morgan fingerprint density at radius 1 is 1.39 bits per heavy atom. The molecule has 1 heterocycles. The maximum atomic E-state index is 14.1. The minimum Gasteiger partial charge on any atom is -0.380 e. The van der Waals surface area contributed by atoms with Crippen LogP contribution in [0.1, 0.15) is 24.0 Å². The van der Waals surface area contributed by atoms with E-state index in [1.807, 2.05) is 0 Å². The first kappa shape index (κ1) is 13.4. The molecule has 1 saturated heterocycles. The third-order valence-corrected chi connectivity index (χ3v) is 3.46. The first-order valence-corrected chi connectivity index (χ1v) is 6.37. The van der Waals surface area contributed by atoms with Crippen LogP contribution in [0, 0.1) is 17.6 Å². The molecule has 18 heavy (non-hydrogen) atoms. The Labute approximate surface area is 106 Å². The number of piperidine rings is 1. The van der Waals surface area contributed by atoms with Crippen molar-refractivity contribution in [1.82, 2.24) is 5.32 Å². The normalized spacial score (nSPS) is 20.1. The highest BCUT2D eigenvalue weighted by Crippen LogP contribution is 2.22. The van der Waals surface area contributed by atoms with E-state index in [0.717, 1.165) is 25.9 Å². The lowest BCUT2D eigenvalue weighted by atomic mass is 9.91. The third kappa shape index (κ3) is 3.06. The van der Waals surface area contributed by atoms with E-state index in [4.69, 9.17) is 4.74 Å². The molecule has 1 N–H and O–H groups in total. The third-order valence-electron chi connectivity index (χ3n) is 3.46.